The number of carbonyl (C=O) groups is 1. The van der Waals surface area contributed by atoms with Crippen molar-refractivity contribution in [3.63, 3.8) is 0 Å². The van der Waals surface area contributed by atoms with E-state index in [2.05, 4.69) is 37.4 Å². The van der Waals surface area contributed by atoms with Gasteiger partial charge in [-0.05, 0) is 43.1 Å². The molecular formula is C22H28N2O3. The number of hydrogen-bond donors (Lipinski definition) is 1. The molecule has 1 amide bonds. The molecule has 1 N–H and O–H groups in total. The van der Waals surface area contributed by atoms with E-state index in [1.165, 1.54) is 11.1 Å². The molecule has 1 atom stereocenters. The van der Waals surface area contributed by atoms with Crippen molar-refractivity contribution in [2.24, 2.45) is 0 Å². The lowest BCUT2D eigenvalue weighted by Gasteiger charge is -2.29. The molecule has 0 saturated carbocycles. The van der Waals surface area contributed by atoms with Crippen LogP contribution >= 0.6 is 0 Å². The number of fused-ring (bicyclic) bond motifs is 1. The number of ether oxygens (including phenoxy) is 2. The lowest BCUT2D eigenvalue weighted by Crippen LogP contribution is -2.42. The van der Waals surface area contributed by atoms with Crippen molar-refractivity contribution in [3.8, 4) is 11.5 Å². The van der Waals surface area contributed by atoms with Gasteiger partial charge in [-0.25, -0.2) is 0 Å². The van der Waals surface area contributed by atoms with E-state index in [4.69, 9.17) is 9.47 Å². The Balaban J connectivity index is 1.56. The standard InChI is InChI=1S/C22H28N2O3/c1-4-16-9-8-10-17(5-2)22(16)23-21(25)14-24(3)13-18-15-26-19-11-6-7-12-20(19)27-18/h6-12,18H,4-5,13-15H2,1-3H3,(H,23,25)/t18-/m0/s1. The number of amides is 1. The number of rotatable bonds is 7. The summed E-state index contributed by atoms with van der Waals surface area (Å²) < 4.78 is 11.7. The Hall–Kier alpha value is -2.53. The fraction of sp³-hybridized carbons (Fsp3) is 0.409. The molecule has 0 fully saturated rings. The highest BCUT2D eigenvalue weighted by Crippen LogP contribution is 2.31. The van der Waals surface area contributed by atoms with Gasteiger partial charge >= 0.3 is 0 Å². The maximum atomic E-state index is 12.6. The minimum Gasteiger partial charge on any atom is -0.486 e. The number of para-hydroxylation sites is 3. The molecule has 0 radical (unpaired) electrons. The van der Waals surface area contributed by atoms with Crippen LogP contribution in [0.15, 0.2) is 42.5 Å². The van der Waals surface area contributed by atoms with E-state index in [1.807, 2.05) is 36.2 Å². The van der Waals surface area contributed by atoms with Crippen molar-refractivity contribution in [1.82, 2.24) is 4.90 Å². The predicted molar refractivity (Wildman–Crippen MR) is 108 cm³/mol. The fourth-order valence-electron chi connectivity index (χ4n) is 3.39. The number of benzene rings is 2. The SMILES string of the molecule is CCc1cccc(CC)c1NC(=O)CN(C)C[C@H]1COc2ccccc2O1. The van der Waals surface area contributed by atoms with Gasteiger partial charge in [0.05, 0.1) is 6.54 Å². The second kappa shape index (κ2) is 8.91. The Morgan fingerprint density at radius 2 is 1.74 bits per heavy atom. The predicted octanol–water partition coefficient (Wildman–Crippen LogP) is 3.52. The third-order valence-electron chi connectivity index (χ3n) is 4.76. The topological polar surface area (TPSA) is 50.8 Å². The molecule has 5 heteroatoms. The molecule has 27 heavy (non-hydrogen) atoms. The minimum atomic E-state index is -0.0909. The summed E-state index contributed by atoms with van der Waals surface area (Å²) in [7, 11) is 1.93. The Labute approximate surface area is 161 Å². The van der Waals surface area contributed by atoms with Gasteiger partial charge in [0, 0.05) is 12.2 Å². The van der Waals surface area contributed by atoms with Crippen LogP contribution in [0.4, 0.5) is 5.69 Å². The van der Waals surface area contributed by atoms with Gasteiger partial charge in [-0.1, -0.05) is 44.2 Å². The molecule has 5 nitrogen and oxygen atoms in total. The van der Waals surface area contributed by atoms with Gasteiger partial charge in [-0.2, -0.15) is 0 Å². The van der Waals surface area contributed by atoms with Crippen molar-refractivity contribution in [2.75, 3.05) is 32.1 Å². The molecule has 1 aliphatic rings. The number of aryl methyl sites for hydroxylation is 2. The minimum absolute atomic E-state index is 0.00905. The van der Waals surface area contributed by atoms with Gasteiger partial charge in [0.2, 0.25) is 5.91 Å². The number of nitrogens with zero attached hydrogens (tertiary/aromatic N) is 1. The first-order chi connectivity index (χ1) is 13.1. The smallest absolute Gasteiger partial charge is 0.238 e. The Morgan fingerprint density at radius 3 is 2.41 bits per heavy atom. The van der Waals surface area contributed by atoms with E-state index >= 15 is 0 Å². The van der Waals surface area contributed by atoms with Crippen LogP contribution < -0.4 is 14.8 Å². The molecule has 3 rings (SSSR count). The molecule has 144 valence electrons. The number of anilines is 1. The monoisotopic (exact) mass is 368 g/mol. The third-order valence-corrected chi connectivity index (χ3v) is 4.76. The van der Waals surface area contributed by atoms with Crippen LogP contribution in [0.3, 0.4) is 0 Å². The average molecular weight is 368 g/mol. The van der Waals surface area contributed by atoms with Crippen LogP contribution in [0.1, 0.15) is 25.0 Å². The van der Waals surface area contributed by atoms with Gasteiger partial charge in [-0.15, -0.1) is 0 Å². The second-order valence-electron chi connectivity index (χ2n) is 6.90. The Morgan fingerprint density at radius 1 is 1.07 bits per heavy atom. The molecule has 0 aromatic heterocycles. The summed E-state index contributed by atoms with van der Waals surface area (Å²) in [5, 5.41) is 3.11. The first-order valence-electron chi connectivity index (χ1n) is 9.58. The maximum Gasteiger partial charge on any atom is 0.238 e. The quantitative estimate of drug-likeness (QED) is 0.812. The maximum absolute atomic E-state index is 12.6. The van der Waals surface area contributed by atoms with Crippen LogP contribution in [0, 0.1) is 0 Å². The number of carbonyl (C=O) groups excluding carboxylic acids is 1. The summed E-state index contributed by atoms with van der Waals surface area (Å²) in [5.74, 6) is 1.53. The zero-order valence-electron chi connectivity index (χ0n) is 16.3. The van der Waals surface area contributed by atoms with Gasteiger partial charge < -0.3 is 14.8 Å². The molecular weight excluding hydrogens is 340 g/mol. The summed E-state index contributed by atoms with van der Waals surface area (Å²) in [6, 6.07) is 13.9. The van der Waals surface area contributed by atoms with Crippen LogP contribution in [-0.4, -0.2) is 43.7 Å². The van der Waals surface area contributed by atoms with Crippen molar-refractivity contribution in [1.29, 1.82) is 0 Å². The largest absolute Gasteiger partial charge is 0.486 e. The highest BCUT2D eigenvalue weighted by molar-refractivity contribution is 5.93. The second-order valence-corrected chi connectivity index (χ2v) is 6.90. The molecule has 2 aromatic rings. The Kier molecular flexibility index (Phi) is 6.35. The first-order valence-corrected chi connectivity index (χ1v) is 9.58. The highest BCUT2D eigenvalue weighted by Gasteiger charge is 2.22. The van der Waals surface area contributed by atoms with Crippen molar-refractivity contribution in [2.45, 2.75) is 32.8 Å². The van der Waals surface area contributed by atoms with Crippen LogP contribution in [0.5, 0.6) is 11.5 Å². The van der Waals surface area contributed by atoms with Gasteiger partial charge in [0.1, 0.15) is 12.7 Å². The summed E-state index contributed by atoms with van der Waals surface area (Å²) in [6.07, 6.45) is 1.70. The van der Waals surface area contributed by atoms with Crippen LogP contribution in [0.2, 0.25) is 0 Å². The summed E-state index contributed by atoms with van der Waals surface area (Å²) in [5.41, 5.74) is 3.31. The lowest BCUT2D eigenvalue weighted by molar-refractivity contribution is -0.117. The van der Waals surface area contributed by atoms with E-state index in [-0.39, 0.29) is 12.0 Å². The zero-order valence-corrected chi connectivity index (χ0v) is 16.3. The molecule has 0 bridgehead atoms. The Bertz CT molecular complexity index is 769. The molecule has 1 aliphatic heterocycles. The van der Waals surface area contributed by atoms with E-state index in [0.29, 0.717) is 19.7 Å². The average Bonchev–Trinajstić information content (AvgIpc) is 2.67. The summed E-state index contributed by atoms with van der Waals surface area (Å²) >= 11 is 0. The van der Waals surface area contributed by atoms with Gasteiger partial charge in [-0.3, -0.25) is 9.69 Å². The molecule has 2 aromatic carbocycles. The van der Waals surface area contributed by atoms with Crippen molar-refractivity contribution in [3.05, 3.63) is 53.6 Å². The van der Waals surface area contributed by atoms with Crippen LogP contribution in [-0.2, 0) is 17.6 Å². The number of nitrogens with one attached hydrogen (secondary N) is 1. The highest BCUT2D eigenvalue weighted by atomic mass is 16.6. The number of hydrogen-bond acceptors (Lipinski definition) is 4. The van der Waals surface area contributed by atoms with Gasteiger partial charge in [0.25, 0.3) is 0 Å². The molecule has 1 heterocycles. The van der Waals surface area contributed by atoms with E-state index in [9.17, 15) is 4.79 Å². The molecule has 0 unspecified atom stereocenters. The van der Waals surface area contributed by atoms with E-state index < -0.39 is 0 Å². The van der Waals surface area contributed by atoms with Gasteiger partial charge in [0.15, 0.2) is 11.5 Å². The summed E-state index contributed by atoms with van der Waals surface area (Å²) in [4.78, 5) is 14.5. The van der Waals surface area contributed by atoms with Crippen molar-refractivity contribution >= 4 is 11.6 Å². The zero-order chi connectivity index (χ0) is 19.2. The van der Waals surface area contributed by atoms with E-state index in [1.54, 1.807) is 0 Å². The first kappa shape index (κ1) is 19.2. The summed E-state index contributed by atoms with van der Waals surface area (Å²) in [6.45, 7) is 5.63. The fourth-order valence-corrected chi connectivity index (χ4v) is 3.39. The lowest BCUT2D eigenvalue weighted by atomic mass is 10.0. The van der Waals surface area contributed by atoms with Crippen LogP contribution in [0.25, 0.3) is 0 Å². The number of likely N-dealkylation sites (N-methyl/N-ethyl adjacent to an activating group) is 1. The molecule has 0 aliphatic carbocycles. The molecule has 0 saturated heterocycles. The van der Waals surface area contributed by atoms with Crippen molar-refractivity contribution < 1.29 is 14.3 Å². The normalized spacial score (nSPS) is 15.6. The third kappa shape index (κ3) is 4.80. The molecule has 0 spiro atoms. The van der Waals surface area contributed by atoms with E-state index in [0.717, 1.165) is 30.0 Å².